The van der Waals surface area contributed by atoms with Gasteiger partial charge in [0, 0.05) is 10.5 Å². The van der Waals surface area contributed by atoms with Crippen molar-refractivity contribution in [2.24, 2.45) is 0 Å². The Labute approximate surface area is 122 Å². The zero-order valence-corrected chi connectivity index (χ0v) is 12.4. The van der Waals surface area contributed by atoms with E-state index >= 15 is 0 Å². The highest BCUT2D eigenvalue weighted by atomic mass is 79.9. The van der Waals surface area contributed by atoms with Crippen molar-refractivity contribution < 1.29 is 14.3 Å². The average molecular weight is 335 g/mol. The molecular weight excluding hydrogens is 324 g/mol. The minimum absolute atomic E-state index is 0.0796. The second kappa shape index (κ2) is 4.49. The van der Waals surface area contributed by atoms with Crippen LogP contribution in [-0.2, 0) is 0 Å². The average Bonchev–Trinajstić information content (AvgIpc) is 2.91. The van der Waals surface area contributed by atoms with E-state index in [1.54, 1.807) is 4.68 Å². The topological polar surface area (TPSA) is 68.3 Å². The van der Waals surface area contributed by atoms with Gasteiger partial charge in [-0.15, -0.1) is 0 Å². The molecule has 0 atom stereocenters. The number of rotatable bonds is 2. The van der Waals surface area contributed by atoms with E-state index in [9.17, 15) is 4.79 Å². The highest BCUT2D eigenvalue weighted by Gasteiger charge is 2.19. The monoisotopic (exact) mass is 334 g/mol. The first-order valence-electron chi connectivity index (χ1n) is 5.96. The molecule has 2 aromatic heterocycles. The lowest BCUT2D eigenvalue weighted by molar-refractivity contribution is 0.0664. The molecule has 102 valence electrons. The fraction of sp³-hybridized carbons (Fsp3) is 0.143. The molecule has 1 N–H and O–H groups in total. The molecule has 20 heavy (non-hydrogen) atoms. The number of halogens is 1. The molecule has 0 unspecified atom stereocenters. The quantitative estimate of drug-likeness (QED) is 0.775. The van der Waals surface area contributed by atoms with E-state index in [0.29, 0.717) is 11.1 Å². The van der Waals surface area contributed by atoms with Crippen LogP contribution < -0.4 is 0 Å². The van der Waals surface area contributed by atoms with Crippen molar-refractivity contribution in [3.63, 3.8) is 0 Å². The van der Waals surface area contributed by atoms with Crippen molar-refractivity contribution in [2.45, 2.75) is 13.8 Å². The van der Waals surface area contributed by atoms with E-state index in [1.807, 2.05) is 32.0 Å². The lowest BCUT2D eigenvalue weighted by Crippen LogP contribution is -1.99. The second-order valence-corrected chi connectivity index (χ2v) is 5.48. The van der Waals surface area contributed by atoms with Crippen molar-refractivity contribution in [2.75, 3.05) is 0 Å². The summed E-state index contributed by atoms with van der Waals surface area (Å²) in [5.41, 5.74) is 3.05. The molecule has 0 aliphatic carbocycles. The normalized spacial score (nSPS) is 11.2. The summed E-state index contributed by atoms with van der Waals surface area (Å²) in [6, 6.07) is 7.30. The van der Waals surface area contributed by atoms with Gasteiger partial charge >= 0.3 is 5.97 Å². The number of nitrogens with zero attached hydrogens (tertiary/aromatic N) is 2. The van der Waals surface area contributed by atoms with Gasteiger partial charge in [-0.05, 0) is 37.6 Å². The Morgan fingerprint density at radius 1 is 1.35 bits per heavy atom. The Bertz CT molecular complexity index is 832. The molecule has 0 spiro atoms. The number of aryl methyl sites for hydroxylation is 2. The van der Waals surface area contributed by atoms with Crippen LogP contribution in [0, 0.1) is 13.8 Å². The zero-order chi connectivity index (χ0) is 14.4. The van der Waals surface area contributed by atoms with Gasteiger partial charge in [0.05, 0.1) is 16.8 Å². The van der Waals surface area contributed by atoms with Crippen molar-refractivity contribution in [3.05, 3.63) is 45.8 Å². The first kappa shape index (κ1) is 12.9. The first-order chi connectivity index (χ1) is 9.47. The molecule has 0 aliphatic rings. The van der Waals surface area contributed by atoms with E-state index < -0.39 is 5.97 Å². The van der Waals surface area contributed by atoms with Gasteiger partial charge in [0.15, 0.2) is 0 Å². The Kier molecular flexibility index (Phi) is 2.90. The van der Waals surface area contributed by atoms with Crippen molar-refractivity contribution in [3.8, 4) is 5.69 Å². The third kappa shape index (κ3) is 1.92. The molecule has 0 saturated heterocycles. The molecule has 5 nitrogen and oxygen atoms in total. The maximum Gasteiger partial charge on any atom is 0.371 e. The van der Waals surface area contributed by atoms with Gasteiger partial charge in [-0.1, -0.05) is 15.9 Å². The molecule has 6 heteroatoms. The molecule has 0 radical (unpaired) electrons. The molecule has 1 aromatic carbocycles. The number of furan rings is 1. The van der Waals surface area contributed by atoms with E-state index in [4.69, 9.17) is 9.52 Å². The number of hydrogen-bond donors (Lipinski definition) is 1. The molecular formula is C14H11BrN2O3. The van der Waals surface area contributed by atoms with Gasteiger partial charge in [-0.3, -0.25) is 0 Å². The Morgan fingerprint density at radius 2 is 2.10 bits per heavy atom. The van der Waals surface area contributed by atoms with Crippen LogP contribution in [0.5, 0.6) is 0 Å². The maximum atomic E-state index is 11.0. The van der Waals surface area contributed by atoms with Gasteiger partial charge in [-0.25, -0.2) is 4.79 Å². The van der Waals surface area contributed by atoms with Gasteiger partial charge in [0.25, 0.3) is 0 Å². The molecule has 0 amide bonds. The number of carbonyl (C=O) groups is 1. The van der Waals surface area contributed by atoms with Crippen LogP contribution >= 0.6 is 15.9 Å². The van der Waals surface area contributed by atoms with Crippen LogP contribution in [0.2, 0.25) is 0 Å². The second-order valence-electron chi connectivity index (χ2n) is 4.56. The first-order valence-corrected chi connectivity index (χ1v) is 6.75. The predicted molar refractivity (Wildman–Crippen MR) is 77.5 cm³/mol. The SMILES string of the molecule is Cc1cc(Br)ccc1-n1nc(C)c2cc(C(=O)O)oc21. The molecule has 3 aromatic rings. The summed E-state index contributed by atoms with van der Waals surface area (Å²) in [6.45, 7) is 3.79. The van der Waals surface area contributed by atoms with Crippen molar-refractivity contribution in [1.82, 2.24) is 9.78 Å². The van der Waals surface area contributed by atoms with E-state index in [-0.39, 0.29) is 5.76 Å². The fourth-order valence-electron chi connectivity index (χ4n) is 2.17. The summed E-state index contributed by atoms with van der Waals surface area (Å²) in [7, 11) is 0. The lowest BCUT2D eigenvalue weighted by atomic mass is 10.2. The predicted octanol–water partition coefficient (Wildman–Crippen LogP) is 3.70. The number of carboxylic acids is 1. The van der Waals surface area contributed by atoms with E-state index in [2.05, 4.69) is 21.0 Å². The largest absolute Gasteiger partial charge is 0.475 e. The number of aromatic nitrogens is 2. The fourth-order valence-corrected chi connectivity index (χ4v) is 2.65. The van der Waals surface area contributed by atoms with E-state index in [0.717, 1.165) is 21.4 Å². The molecule has 2 heterocycles. The Hall–Kier alpha value is -2.08. The van der Waals surface area contributed by atoms with Crippen LogP contribution in [-0.4, -0.2) is 20.9 Å². The number of fused-ring (bicyclic) bond motifs is 1. The van der Waals surface area contributed by atoms with Crippen LogP contribution in [0.15, 0.2) is 33.2 Å². The smallest absolute Gasteiger partial charge is 0.371 e. The van der Waals surface area contributed by atoms with Crippen molar-refractivity contribution in [1.29, 1.82) is 0 Å². The number of benzene rings is 1. The zero-order valence-electron chi connectivity index (χ0n) is 10.8. The molecule has 3 rings (SSSR count). The molecule has 0 saturated carbocycles. The third-order valence-corrected chi connectivity index (χ3v) is 3.64. The Morgan fingerprint density at radius 3 is 2.75 bits per heavy atom. The van der Waals surface area contributed by atoms with Crippen molar-refractivity contribution >= 4 is 33.0 Å². The van der Waals surface area contributed by atoms with Crippen LogP contribution in [0.3, 0.4) is 0 Å². The van der Waals surface area contributed by atoms with Crippen LogP contribution in [0.4, 0.5) is 0 Å². The van der Waals surface area contributed by atoms with Gasteiger partial charge in [0.1, 0.15) is 0 Å². The summed E-state index contributed by atoms with van der Waals surface area (Å²) in [5.74, 6) is -1.16. The third-order valence-electron chi connectivity index (χ3n) is 3.14. The summed E-state index contributed by atoms with van der Waals surface area (Å²) < 4.78 is 8.02. The minimum Gasteiger partial charge on any atom is -0.475 e. The number of hydrogen-bond acceptors (Lipinski definition) is 3. The number of carboxylic acid groups (broad SMARTS) is 1. The molecule has 0 fully saturated rings. The minimum atomic E-state index is -1.08. The summed E-state index contributed by atoms with van der Waals surface area (Å²) in [6.07, 6.45) is 0. The standard InChI is InChI=1S/C14H11BrN2O3/c1-7-5-9(15)3-4-11(7)17-13-10(8(2)16-17)6-12(20-13)14(18)19/h3-6H,1-2H3,(H,18,19). The summed E-state index contributed by atoms with van der Waals surface area (Å²) in [4.78, 5) is 11.0. The lowest BCUT2D eigenvalue weighted by Gasteiger charge is -2.06. The van der Waals surface area contributed by atoms with Gasteiger partial charge in [-0.2, -0.15) is 9.78 Å². The molecule has 0 aliphatic heterocycles. The highest BCUT2D eigenvalue weighted by Crippen LogP contribution is 2.27. The van der Waals surface area contributed by atoms with Gasteiger partial charge < -0.3 is 9.52 Å². The highest BCUT2D eigenvalue weighted by molar-refractivity contribution is 9.10. The molecule has 0 bridgehead atoms. The summed E-state index contributed by atoms with van der Waals surface area (Å²) in [5, 5.41) is 14.2. The number of aromatic carboxylic acids is 1. The summed E-state index contributed by atoms with van der Waals surface area (Å²) >= 11 is 3.42. The van der Waals surface area contributed by atoms with Crippen LogP contribution in [0.1, 0.15) is 21.8 Å². The Balaban J connectivity index is 2.28. The maximum absolute atomic E-state index is 11.0. The van der Waals surface area contributed by atoms with Crippen LogP contribution in [0.25, 0.3) is 16.8 Å². The van der Waals surface area contributed by atoms with E-state index in [1.165, 1.54) is 6.07 Å². The van der Waals surface area contributed by atoms with Gasteiger partial charge in [0.2, 0.25) is 11.5 Å².